The molecule has 2 amide bonds. The van der Waals surface area contributed by atoms with E-state index in [4.69, 9.17) is 9.47 Å². The number of nitrogens with one attached hydrogen (secondary N) is 2. The van der Waals surface area contributed by atoms with E-state index in [1.807, 2.05) is 6.07 Å². The van der Waals surface area contributed by atoms with Crippen LogP contribution in [0.25, 0.3) is 0 Å². The molecule has 4 atom stereocenters. The molecule has 3 saturated carbocycles. The van der Waals surface area contributed by atoms with Crippen LogP contribution in [0, 0.1) is 29.5 Å². The Bertz CT molecular complexity index is 1460. The van der Waals surface area contributed by atoms with Crippen molar-refractivity contribution in [3.8, 4) is 5.75 Å². The second-order valence-electron chi connectivity index (χ2n) is 12.0. The van der Waals surface area contributed by atoms with Gasteiger partial charge < -0.3 is 20.1 Å². The third-order valence-corrected chi connectivity index (χ3v) is 9.03. The average Bonchev–Trinajstić information content (AvgIpc) is 3.32. The molecule has 0 unspecified atom stereocenters. The molecule has 3 fully saturated rings. The lowest BCUT2D eigenvalue weighted by molar-refractivity contribution is -0.140. The minimum Gasteiger partial charge on any atom is -0.496 e. The predicted molar refractivity (Wildman–Crippen MR) is 152 cm³/mol. The molecule has 0 heterocycles. The van der Waals surface area contributed by atoms with Crippen molar-refractivity contribution in [1.29, 1.82) is 0 Å². The first-order valence-electron chi connectivity index (χ1n) is 14.7. The number of fused-ring (bicyclic) bond motifs is 2. The minimum atomic E-state index is -4.90. The van der Waals surface area contributed by atoms with Gasteiger partial charge in [0.2, 0.25) is 5.91 Å². The maximum Gasteiger partial charge on any atom is 0.419 e. The first-order chi connectivity index (χ1) is 20.6. The van der Waals surface area contributed by atoms with Gasteiger partial charge in [-0.1, -0.05) is 29.9 Å². The van der Waals surface area contributed by atoms with E-state index in [-0.39, 0.29) is 23.6 Å². The topological polar surface area (TPSA) is 76.7 Å². The summed E-state index contributed by atoms with van der Waals surface area (Å²) in [6.45, 7) is 0.335. The van der Waals surface area contributed by atoms with Crippen molar-refractivity contribution in [1.82, 2.24) is 5.32 Å². The van der Waals surface area contributed by atoms with E-state index in [1.165, 1.54) is 12.7 Å². The first-order valence-corrected chi connectivity index (χ1v) is 14.7. The highest BCUT2D eigenvalue weighted by Crippen LogP contribution is 2.53. The van der Waals surface area contributed by atoms with E-state index in [1.54, 1.807) is 12.1 Å². The number of amides is 2. The molecule has 0 radical (unpaired) electrons. The molecule has 0 saturated heterocycles. The molecule has 0 aromatic heterocycles. The average molecular weight is 599 g/mol. The molecule has 0 aliphatic heterocycles. The van der Waals surface area contributed by atoms with Crippen LogP contribution >= 0.6 is 0 Å². The fraction of sp³-hybridized carbons (Fsp3) is 0.455. The lowest BCUT2D eigenvalue weighted by Gasteiger charge is -2.33. The summed E-state index contributed by atoms with van der Waals surface area (Å²) in [5.74, 6) is -2.21. The number of hydrogen-bond donors (Lipinski definition) is 2. The molecular formula is C33H34F4N2O4. The number of benzene rings is 2. The van der Waals surface area contributed by atoms with Crippen LogP contribution in [-0.4, -0.2) is 31.1 Å². The smallest absolute Gasteiger partial charge is 0.419 e. The van der Waals surface area contributed by atoms with Gasteiger partial charge in [-0.05, 0) is 86.3 Å². The molecule has 43 heavy (non-hydrogen) atoms. The van der Waals surface area contributed by atoms with E-state index in [0.29, 0.717) is 48.8 Å². The van der Waals surface area contributed by atoms with Gasteiger partial charge in [-0.25, -0.2) is 4.39 Å². The van der Waals surface area contributed by atoms with Crippen LogP contribution in [0.1, 0.15) is 60.0 Å². The second kappa shape index (κ2) is 11.8. The zero-order chi connectivity index (χ0) is 30.3. The third-order valence-electron chi connectivity index (χ3n) is 9.03. The maximum absolute atomic E-state index is 13.9. The monoisotopic (exact) mass is 598 g/mol. The first kappa shape index (κ1) is 29.4. The number of methoxy groups -OCH3 is 1. The normalized spacial score (nSPS) is 25.8. The molecule has 6 nitrogen and oxygen atoms in total. The zero-order valence-electron chi connectivity index (χ0n) is 23.8. The molecule has 2 N–H and O–H groups in total. The fourth-order valence-electron chi connectivity index (χ4n) is 6.77. The Kier molecular flexibility index (Phi) is 8.06. The van der Waals surface area contributed by atoms with E-state index in [9.17, 15) is 27.2 Å². The van der Waals surface area contributed by atoms with E-state index >= 15 is 0 Å². The van der Waals surface area contributed by atoms with Crippen molar-refractivity contribution < 1.29 is 36.6 Å². The number of hydrogen-bond acceptors (Lipinski definition) is 4. The molecular weight excluding hydrogens is 564 g/mol. The molecule has 228 valence electrons. The number of allylic oxidation sites excluding steroid dienone is 1. The van der Waals surface area contributed by atoms with Crippen molar-refractivity contribution in [2.45, 2.75) is 63.5 Å². The fourth-order valence-corrected chi connectivity index (χ4v) is 6.77. The highest BCUT2D eigenvalue weighted by Gasteiger charge is 2.54. The summed E-state index contributed by atoms with van der Waals surface area (Å²) in [4.78, 5) is 27.4. The summed E-state index contributed by atoms with van der Waals surface area (Å²) in [5, 5.41) is 5.67. The molecule has 2 aromatic rings. The Morgan fingerprint density at radius 2 is 1.84 bits per heavy atom. The number of ether oxygens (including phenoxy) is 2. The minimum absolute atomic E-state index is 0.0587. The summed E-state index contributed by atoms with van der Waals surface area (Å²) in [7, 11) is 1.48. The maximum atomic E-state index is 13.9. The quantitative estimate of drug-likeness (QED) is 0.246. The second-order valence-corrected chi connectivity index (χ2v) is 12.0. The largest absolute Gasteiger partial charge is 0.496 e. The Morgan fingerprint density at radius 1 is 1.07 bits per heavy atom. The number of rotatable bonds is 9. The van der Waals surface area contributed by atoms with Crippen LogP contribution < -0.4 is 15.4 Å². The Hall–Kier alpha value is -3.66. The summed E-state index contributed by atoms with van der Waals surface area (Å²) in [5.41, 5.74) is 0.759. The van der Waals surface area contributed by atoms with Crippen LogP contribution in [0.5, 0.6) is 5.75 Å². The van der Waals surface area contributed by atoms with Crippen LogP contribution in [0.4, 0.5) is 23.2 Å². The van der Waals surface area contributed by atoms with E-state index < -0.39 is 41.3 Å². The van der Waals surface area contributed by atoms with E-state index in [0.717, 1.165) is 37.3 Å². The Balaban J connectivity index is 1.23. The third kappa shape index (κ3) is 6.34. The van der Waals surface area contributed by atoms with Crippen molar-refractivity contribution in [3.05, 3.63) is 82.7 Å². The van der Waals surface area contributed by atoms with Gasteiger partial charge in [0.15, 0.2) is 0 Å². The summed E-state index contributed by atoms with van der Waals surface area (Å²) < 4.78 is 65.2. The highest BCUT2D eigenvalue weighted by atomic mass is 19.4. The number of carbonyl (C=O) groups excluding carboxylic acids is 2. The van der Waals surface area contributed by atoms with E-state index in [2.05, 4.69) is 28.9 Å². The standard InChI is InChI=1S/C33H34F4N2O4/c1-42-28-11-8-19(17-43-23-4-2-3-5-23)13-25(28)31(40)39-30-24-15-21(14-20(24)12-18-6-7-18)29(30)32(41)38-22-9-10-27(34)26(16-22)33(35,36)37/h2-3,8-13,16,18,21,23-24,29-30H,4-7,14-15,17H2,1H3,(H,38,41)(H,39,40)/t21-,24+,29-,30+/m0/s1. The summed E-state index contributed by atoms with van der Waals surface area (Å²) >= 11 is 0. The Morgan fingerprint density at radius 3 is 2.53 bits per heavy atom. The van der Waals surface area contributed by atoms with Gasteiger partial charge in [-0.3, -0.25) is 9.59 Å². The molecule has 4 aliphatic rings. The molecule has 0 spiro atoms. The summed E-state index contributed by atoms with van der Waals surface area (Å²) in [6, 6.07) is 7.15. The van der Waals surface area contributed by atoms with Gasteiger partial charge in [0.05, 0.1) is 36.9 Å². The number of halogens is 4. The molecule has 4 aliphatic carbocycles. The van der Waals surface area contributed by atoms with Crippen molar-refractivity contribution >= 4 is 17.5 Å². The van der Waals surface area contributed by atoms with Gasteiger partial charge in [0, 0.05) is 17.6 Å². The zero-order valence-corrected chi connectivity index (χ0v) is 23.8. The lowest BCUT2D eigenvalue weighted by atomic mass is 9.80. The molecule has 6 rings (SSSR count). The lowest BCUT2D eigenvalue weighted by Crippen LogP contribution is -2.49. The van der Waals surface area contributed by atoms with Crippen molar-refractivity contribution in [2.24, 2.45) is 23.7 Å². The highest BCUT2D eigenvalue weighted by molar-refractivity contribution is 5.99. The Labute approximate surface area is 247 Å². The van der Waals surface area contributed by atoms with Gasteiger partial charge in [0.25, 0.3) is 5.91 Å². The van der Waals surface area contributed by atoms with Crippen LogP contribution in [0.2, 0.25) is 0 Å². The predicted octanol–water partition coefficient (Wildman–Crippen LogP) is 6.82. The van der Waals surface area contributed by atoms with Crippen molar-refractivity contribution in [3.63, 3.8) is 0 Å². The van der Waals surface area contributed by atoms with Crippen LogP contribution in [-0.2, 0) is 22.3 Å². The number of carbonyl (C=O) groups is 2. The van der Waals surface area contributed by atoms with Crippen LogP contribution in [0.15, 0.2) is 60.2 Å². The van der Waals surface area contributed by atoms with Gasteiger partial charge >= 0.3 is 6.18 Å². The molecule has 2 aromatic carbocycles. The summed E-state index contributed by atoms with van der Waals surface area (Å²) in [6.07, 6.45) is 6.98. The number of alkyl halides is 3. The SMILES string of the molecule is COc1ccc(COC2CC=CC2)cc1C(=O)N[C@H]1[C@@H](C(=O)Nc2ccc(F)c(C(F)(F)F)c2)[C@H]2CC(=CC3CC3)[C@H]1C2. The van der Waals surface area contributed by atoms with Crippen molar-refractivity contribution in [2.75, 3.05) is 12.4 Å². The molecule has 10 heteroatoms. The van der Waals surface area contributed by atoms with Gasteiger partial charge in [0.1, 0.15) is 11.6 Å². The molecule has 2 bridgehead atoms. The number of anilines is 1. The van der Waals surface area contributed by atoms with Crippen LogP contribution in [0.3, 0.4) is 0 Å². The van der Waals surface area contributed by atoms with Gasteiger partial charge in [-0.2, -0.15) is 13.2 Å². The van der Waals surface area contributed by atoms with Gasteiger partial charge in [-0.15, -0.1) is 0 Å².